The molecule has 0 saturated carbocycles. The lowest BCUT2D eigenvalue weighted by atomic mass is 10.1. The molecule has 0 N–H and O–H groups in total. The lowest BCUT2D eigenvalue weighted by Crippen LogP contribution is -2.30. The molecule has 23 heavy (non-hydrogen) atoms. The normalized spacial score (nSPS) is 15.3. The van der Waals surface area contributed by atoms with Crippen LogP contribution in [0.2, 0.25) is 0 Å². The van der Waals surface area contributed by atoms with Crippen molar-refractivity contribution in [3.8, 4) is 0 Å². The van der Waals surface area contributed by atoms with Crippen LogP contribution >= 0.6 is 35.0 Å². The second kappa shape index (κ2) is 8.47. The lowest BCUT2D eigenvalue weighted by molar-refractivity contribution is 0.577. The molecule has 2 aromatic rings. The van der Waals surface area contributed by atoms with Gasteiger partial charge in [0.1, 0.15) is 0 Å². The zero-order valence-corrected chi connectivity index (χ0v) is 16.3. The van der Waals surface area contributed by atoms with Gasteiger partial charge in [0, 0.05) is 34.8 Å². The second-order valence-electron chi connectivity index (χ2n) is 5.97. The zero-order chi connectivity index (χ0) is 16.1. The van der Waals surface area contributed by atoms with E-state index < -0.39 is 0 Å². The maximum Gasteiger partial charge on any atom is 0.0613 e. The number of thioether (sulfide) groups is 1. The van der Waals surface area contributed by atoms with Gasteiger partial charge in [-0.1, -0.05) is 18.2 Å². The smallest absolute Gasteiger partial charge is 0.0613 e. The molecule has 0 aliphatic carbocycles. The van der Waals surface area contributed by atoms with Crippen LogP contribution in [-0.4, -0.2) is 31.5 Å². The van der Waals surface area contributed by atoms with Gasteiger partial charge in [-0.2, -0.15) is 0 Å². The van der Waals surface area contributed by atoms with Gasteiger partial charge < -0.3 is 4.90 Å². The van der Waals surface area contributed by atoms with Crippen LogP contribution < -0.4 is 4.90 Å². The van der Waals surface area contributed by atoms with E-state index in [0.717, 1.165) is 5.75 Å². The monoisotopic (exact) mass is 364 g/mol. The van der Waals surface area contributed by atoms with Gasteiger partial charge in [-0.25, -0.2) is 0 Å². The van der Waals surface area contributed by atoms with Crippen LogP contribution in [0.3, 0.4) is 0 Å². The first-order valence-electron chi connectivity index (χ1n) is 8.12. The highest BCUT2D eigenvalue weighted by atomic mass is 32.2. The zero-order valence-electron chi connectivity index (χ0n) is 13.8. The summed E-state index contributed by atoms with van der Waals surface area (Å²) in [4.78, 5) is 3.91. The van der Waals surface area contributed by atoms with Crippen LogP contribution in [0.5, 0.6) is 0 Å². The van der Waals surface area contributed by atoms with E-state index in [0.29, 0.717) is 0 Å². The van der Waals surface area contributed by atoms with Gasteiger partial charge in [0.2, 0.25) is 0 Å². The summed E-state index contributed by atoms with van der Waals surface area (Å²) in [6, 6.07) is 11.2. The number of benzene rings is 1. The van der Waals surface area contributed by atoms with Gasteiger partial charge in [0.15, 0.2) is 0 Å². The van der Waals surface area contributed by atoms with Crippen molar-refractivity contribution in [2.45, 2.75) is 34.1 Å². The van der Waals surface area contributed by atoms with Gasteiger partial charge >= 0.3 is 0 Å². The van der Waals surface area contributed by atoms with Crippen LogP contribution in [0.25, 0.3) is 0 Å². The Hall–Kier alpha value is -0.620. The molecule has 0 atom stereocenters. The van der Waals surface area contributed by atoms with E-state index >= 15 is 0 Å². The van der Waals surface area contributed by atoms with E-state index in [4.69, 9.17) is 0 Å². The van der Waals surface area contributed by atoms with Gasteiger partial charge in [-0.15, -0.1) is 23.1 Å². The maximum absolute atomic E-state index is 2.57. The molecule has 1 aliphatic heterocycles. The Bertz CT molecular complexity index is 618. The van der Waals surface area contributed by atoms with Crippen LogP contribution in [-0.2, 0) is 5.75 Å². The fourth-order valence-corrected chi connectivity index (χ4v) is 5.76. The van der Waals surface area contributed by atoms with Crippen molar-refractivity contribution in [1.29, 1.82) is 0 Å². The summed E-state index contributed by atoms with van der Waals surface area (Å²) in [6.07, 6.45) is 4.05. The Labute approximate surface area is 152 Å². The standard InChI is InChI=1S/C18H24N2S3/c1-19(2)23-16-12-18(22-14-16)21-13-15-8-4-5-9-17(15)20-10-6-3-7-11-20/h4-5,8-9,12,14H,3,6-7,10-11,13H2,1-2H3. The first kappa shape index (κ1) is 17.2. The largest absolute Gasteiger partial charge is 0.371 e. The predicted molar refractivity (Wildman–Crippen MR) is 106 cm³/mol. The molecule has 124 valence electrons. The highest BCUT2D eigenvalue weighted by molar-refractivity contribution is 8.00. The second-order valence-corrected chi connectivity index (χ2v) is 9.54. The number of piperidine rings is 1. The van der Waals surface area contributed by atoms with Crippen molar-refractivity contribution < 1.29 is 0 Å². The molecule has 0 bridgehead atoms. The van der Waals surface area contributed by atoms with Crippen molar-refractivity contribution in [2.75, 3.05) is 32.1 Å². The Morgan fingerprint density at radius 2 is 1.91 bits per heavy atom. The quantitative estimate of drug-likeness (QED) is 0.486. The Kier molecular flexibility index (Phi) is 6.34. The first-order chi connectivity index (χ1) is 11.2. The molecule has 3 rings (SSSR count). The SMILES string of the molecule is CN(C)Sc1csc(SCc2ccccc2N2CCCCC2)c1. The summed E-state index contributed by atoms with van der Waals surface area (Å²) >= 11 is 5.60. The van der Waals surface area contributed by atoms with Crippen molar-refractivity contribution in [1.82, 2.24) is 4.31 Å². The van der Waals surface area contributed by atoms with Crippen molar-refractivity contribution in [2.24, 2.45) is 0 Å². The fraction of sp³-hybridized carbons (Fsp3) is 0.444. The van der Waals surface area contributed by atoms with E-state index in [-0.39, 0.29) is 0 Å². The van der Waals surface area contributed by atoms with E-state index in [1.807, 2.05) is 23.1 Å². The average molecular weight is 365 g/mol. The average Bonchev–Trinajstić information content (AvgIpc) is 3.01. The summed E-state index contributed by atoms with van der Waals surface area (Å²) in [6.45, 7) is 2.43. The van der Waals surface area contributed by atoms with Crippen LogP contribution in [0.1, 0.15) is 24.8 Å². The van der Waals surface area contributed by atoms with E-state index in [1.54, 1.807) is 11.9 Å². The van der Waals surface area contributed by atoms with Gasteiger partial charge in [-0.05, 0) is 63.0 Å². The van der Waals surface area contributed by atoms with Crippen LogP contribution in [0.4, 0.5) is 5.69 Å². The van der Waals surface area contributed by atoms with Gasteiger partial charge in [-0.3, -0.25) is 4.31 Å². The number of nitrogens with zero attached hydrogens (tertiary/aromatic N) is 2. The van der Waals surface area contributed by atoms with E-state index in [9.17, 15) is 0 Å². The third-order valence-electron chi connectivity index (χ3n) is 3.90. The number of hydrogen-bond acceptors (Lipinski definition) is 5. The molecule has 1 aromatic carbocycles. The third-order valence-corrected chi connectivity index (χ3v) is 7.08. The van der Waals surface area contributed by atoms with E-state index in [2.05, 4.69) is 59.0 Å². The Morgan fingerprint density at radius 1 is 1.13 bits per heavy atom. The molecule has 0 spiro atoms. The fourth-order valence-electron chi connectivity index (χ4n) is 2.86. The summed E-state index contributed by atoms with van der Waals surface area (Å²) in [5.74, 6) is 1.05. The summed E-state index contributed by atoms with van der Waals surface area (Å²) in [5, 5.41) is 2.25. The number of anilines is 1. The van der Waals surface area contributed by atoms with Gasteiger partial charge in [0.25, 0.3) is 0 Å². The predicted octanol–water partition coefficient (Wildman–Crippen LogP) is 5.60. The number of para-hydroxylation sites is 1. The third kappa shape index (κ3) is 4.92. The van der Waals surface area contributed by atoms with Gasteiger partial charge in [0.05, 0.1) is 4.21 Å². The molecule has 0 amide bonds. The molecular formula is C18H24N2S3. The van der Waals surface area contributed by atoms with Crippen LogP contribution in [0, 0.1) is 0 Å². The molecule has 1 aromatic heterocycles. The summed E-state index contributed by atoms with van der Waals surface area (Å²) in [5.41, 5.74) is 2.91. The molecule has 1 saturated heterocycles. The topological polar surface area (TPSA) is 6.48 Å². The molecule has 2 nitrogen and oxygen atoms in total. The van der Waals surface area contributed by atoms with Crippen molar-refractivity contribution in [3.63, 3.8) is 0 Å². The lowest BCUT2D eigenvalue weighted by Gasteiger charge is -2.30. The van der Waals surface area contributed by atoms with Crippen molar-refractivity contribution in [3.05, 3.63) is 41.3 Å². The Balaban J connectivity index is 1.65. The van der Waals surface area contributed by atoms with Crippen molar-refractivity contribution >= 4 is 40.7 Å². The number of hydrogen-bond donors (Lipinski definition) is 0. The summed E-state index contributed by atoms with van der Waals surface area (Å²) < 4.78 is 3.55. The Morgan fingerprint density at radius 3 is 2.70 bits per heavy atom. The molecular weight excluding hydrogens is 340 g/mol. The molecule has 0 unspecified atom stereocenters. The highest BCUT2D eigenvalue weighted by Crippen LogP contribution is 2.36. The molecule has 1 aliphatic rings. The first-order valence-corrected chi connectivity index (χ1v) is 10.8. The summed E-state index contributed by atoms with van der Waals surface area (Å²) in [7, 11) is 4.17. The minimum absolute atomic E-state index is 1.05. The highest BCUT2D eigenvalue weighted by Gasteiger charge is 2.14. The molecule has 5 heteroatoms. The van der Waals surface area contributed by atoms with E-state index in [1.165, 1.54) is 52.7 Å². The minimum Gasteiger partial charge on any atom is -0.371 e. The molecule has 1 fully saturated rings. The molecule has 0 radical (unpaired) electrons. The maximum atomic E-state index is 2.57. The van der Waals surface area contributed by atoms with Crippen LogP contribution in [0.15, 0.2) is 44.8 Å². The number of thiophene rings is 1. The molecule has 2 heterocycles. The number of rotatable bonds is 6. The minimum atomic E-state index is 1.05.